The highest BCUT2D eigenvalue weighted by Crippen LogP contribution is 2.26. The van der Waals surface area contributed by atoms with Crippen molar-refractivity contribution in [2.45, 2.75) is 52.3 Å². The molecule has 182 valence electrons. The van der Waals surface area contributed by atoms with Crippen molar-refractivity contribution >= 4 is 5.91 Å². The lowest BCUT2D eigenvalue weighted by Crippen LogP contribution is -2.48. The third-order valence-electron chi connectivity index (χ3n) is 5.50. The number of halogens is 2. The SMILES string of the molecule is CC(=O)N[C@@H](Cc1cc(F)cc(F)c1)[C@@H](O)CNCc1cc(CC(C)C)ccc1-c1ccco1. The molecule has 0 saturated carbocycles. The van der Waals surface area contributed by atoms with Crippen LogP contribution in [0.3, 0.4) is 0 Å². The van der Waals surface area contributed by atoms with Gasteiger partial charge < -0.3 is 20.2 Å². The van der Waals surface area contributed by atoms with Gasteiger partial charge in [0.15, 0.2) is 0 Å². The molecule has 7 heteroatoms. The molecule has 3 rings (SSSR count). The fourth-order valence-electron chi connectivity index (χ4n) is 4.09. The number of nitrogens with one attached hydrogen (secondary N) is 2. The lowest BCUT2D eigenvalue weighted by Gasteiger charge is -2.24. The summed E-state index contributed by atoms with van der Waals surface area (Å²) in [5.41, 5.74) is 3.57. The van der Waals surface area contributed by atoms with E-state index in [1.807, 2.05) is 18.2 Å². The maximum absolute atomic E-state index is 13.6. The monoisotopic (exact) mass is 470 g/mol. The average molecular weight is 471 g/mol. The van der Waals surface area contributed by atoms with Crippen LogP contribution in [0.2, 0.25) is 0 Å². The number of aliphatic hydroxyl groups excluding tert-OH is 1. The Morgan fingerprint density at radius 1 is 1.03 bits per heavy atom. The first kappa shape index (κ1) is 25.6. The number of hydrogen-bond acceptors (Lipinski definition) is 4. The molecule has 1 heterocycles. The third kappa shape index (κ3) is 7.50. The molecule has 0 aliphatic carbocycles. The van der Waals surface area contributed by atoms with Crippen LogP contribution in [0, 0.1) is 17.6 Å². The van der Waals surface area contributed by atoms with Crippen LogP contribution >= 0.6 is 0 Å². The summed E-state index contributed by atoms with van der Waals surface area (Å²) in [5.74, 6) is -0.449. The fourth-order valence-corrected chi connectivity index (χ4v) is 4.09. The minimum atomic E-state index is -0.971. The van der Waals surface area contributed by atoms with E-state index >= 15 is 0 Å². The van der Waals surface area contributed by atoms with Crippen molar-refractivity contribution in [3.63, 3.8) is 0 Å². The molecular formula is C27H32F2N2O3. The summed E-state index contributed by atoms with van der Waals surface area (Å²) in [4.78, 5) is 11.7. The van der Waals surface area contributed by atoms with Gasteiger partial charge in [-0.15, -0.1) is 0 Å². The first-order valence-corrected chi connectivity index (χ1v) is 11.5. The standard InChI is InChI=1S/C27H32F2N2O3/c1-17(2)9-19-6-7-24(27-5-4-8-34-27)21(10-19)15-30-16-26(33)25(31-18(3)32)13-20-11-22(28)14-23(29)12-20/h4-8,10-12,14,17,25-26,30,33H,9,13,15-16H2,1-3H3,(H,31,32)/t25-,26-/m0/s1. The molecule has 3 aromatic rings. The van der Waals surface area contributed by atoms with Crippen LogP contribution in [0.5, 0.6) is 0 Å². The first-order chi connectivity index (χ1) is 16.2. The lowest BCUT2D eigenvalue weighted by atomic mass is 9.96. The van der Waals surface area contributed by atoms with Crippen LogP contribution in [-0.2, 0) is 24.2 Å². The van der Waals surface area contributed by atoms with Gasteiger partial charge in [-0.3, -0.25) is 4.79 Å². The van der Waals surface area contributed by atoms with Crippen molar-refractivity contribution in [3.05, 3.63) is 83.1 Å². The van der Waals surface area contributed by atoms with Crippen LogP contribution in [0.1, 0.15) is 37.5 Å². The summed E-state index contributed by atoms with van der Waals surface area (Å²) in [7, 11) is 0. The Hall–Kier alpha value is -3.03. The van der Waals surface area contributed by atoms with Gasteiger partial charge in [-0.1, -0.05) is 32.0 Å². The van der Waals surface area contributed by atoms with E-state index in [4.69, 9.17) is 4.42 Å². The Bertz CT molecular complexity index is 1060. The minimum Gasteiger partial charge on any atom is -0.464 e. The normalized spacial score (nSPS) is 13.1. The summed E-state index contributed by atoms with van der Waals surface area (Å²) in [6.45, 7) is 6.33. The van der Waals surface area contributed by atoms with Crippen molar-refractivity contribution in [2.24, 2.45) is 5.92 Å². The highest BCUT2D eigenvalue weighted by molar-refractivity contribution is 5.73. The maximum Gasteiger partial charge on any atom is 0.217 e. The number of carbonyl (C=O) groups excluding carboxylic acids is 1. The first-order valence-electron chi connectivity index (χ1n) is 11.5. The van der Waals surface area contributed by atoms with Crippen LogP contribution in [-0.4, -0.2) is 29.7 Å². The van der Waals surface area contributed by atoms with Crippen molar-refractivity contribution in [3.8, 4) is 11.3 Å². The van der Waals surface area contributed by atoms with E-state index in [1.165, 1.54) is 24.6 Å². The second kappa shape index (κ2) is 11.9. The summed E-state index contributed by atoms with van der Waals surface area (Å²) in [6.07, 6.45) is 1.70. The molecule has 0 spiro atoms. The molecule has 2 aromatic carbocycles. The van der Waals surface area contributed by atoms with Gasteiger partial charge in [0.1, 0.15) is 17.4 Å². The quantitative estimate of drug-likeness (QED) is 0.382. The number of carbonyl (C=O) groups is 1. The van der Waals surface area contributed by atoms with E-state index in [-0.39, 0.29) is 18.9 Å². The van der Waals surface area contributed by atoms with Crippen LogP contribution in [0.25, 0.3) is 11.3 Å². The van der Waals surface area contributed by atoms with Gasteiger partial charge in [0.25, 0.3) is 0 Å². The van der Waals surface area contributed by atoms with Gasteiger partial charge in [0.2, 0.25) is 5.91 Å². The van der Waals surface area contributed by atoms with Crippen molar-refractivity contribution in [2.75, 3.05) is 6.54 Å². The van der Waals surface area contributed by atoms with E-state index in [2.05, 4.69) is 36.6 Å². The molecule has 0 unspecified atom stereocenters. The van der Waals surface area contributed by atoms with E-state index in [9.17, 15) is 18.7 Å². The molecule has 34 heavy (non-hydrogen) atoms. The molecular weight excluding hydrogens is 438 g/mol. The Labute approximate surface area is 199 Å². The van der Waals surface area contributed by atoms with E-state index in [1.54, 1.807) is 6.26 Å². The Kier molecular flexibility index (Phi) is 8.96. The third-order valence-corrected chi connectivity index (χ3v) is 5.50. The number of amides is 1. The lowest BCUT2D eigenvalue weighted by molar-refractivity contribution is -0.120. The predicted molar refractivity (Wildman–Crippen MR) is 128 cm³/mol. The number of furan rings is 1. The highest BCUT2D eigenvalue weighted by atomic mass is 19.1. The summed E-state index contributed by atoms with van der Waals surface area (Å²) < 4.78 is 32.8. The second-order valence-corrected chi connectivity index (χ2v) is 9.05. The molecule has 3 N–H and O–H groups in total. The fraction of sp³-hybridized carbons (Fsp3) is 0.370. The summed E-state index contributed by atoms with van der Waals surface area (Å²) >= 11 is 0. The summed E-state index contributed by atoms with van der Waals surface area (Å²) in [6, 6.07) is 12.5. The van der Waals surface area contributed by atoms with Gasteiger partial charge in [-0.25, -0.2) is 8.78 Å². The Morgan fingerprint density at radius 3 is 2.38 bits per heavy atom. The number of hydrogen-bond donors (Lipinski definition) is 3. The molecule has 5 nitrogen and oxygen atoms in total. The van der Waals surface area contributed by atoms with Gasteiger partial charge in [-0.2, -0.15) is 0 Å². The predicted octanol–water partition coefficient (Wildman–Crippen LogP) is 4.62. The molecule has 0 aliphatic heterocycles. The number of aliphatic hydroxyl groups is 1. The van der Waals surface area contributed by atoms with E-state index in [0.717, 1.165) is 29.4 Å². The zero-order valence-corrected chi connectivity index (χ0v) is 19.8. The Morgan fingerprint density at radius 2 is 1.76 bits per heavy atom. The zero-order valence-electron chi connectivity index (χ0n) is 19.8. The van der Waals surface area contributed by atoms with Crippen LogP contribution in [0.4, 0.5) is 8.78 Å². The molecule has 0 bridgehead atoms. The molecule has 0 aliphatic rings. The molecule has 1 amide bonds. The zero-order chi connectivity index (χ0) is 24.7. The topological polar surface area (TPSA) is 74.5 Å². The average Bonchev–Trinajstić information content (AvgIpc) is 3.26. The largest absolute Gasteiger partial charge is 0.464 e. The van der Waals surface area contributed by atoms with Gasteiger partial charge in [0.05, 0.1) is 18.4 Å². The maximum atomic E-state index is 13.6. The van der Waals surface area contributed by atoms with Crippen molar-refractivity contribution in [1.82, 2.24) is 10.6 Å². The number of rotatable bonds is 11. The number of benzene rings is 2. The van der Waals surface area contributed by atoms with Gasteiger partial charge in [0, 0.05) is 31.6 Å². The molecule has 0 radical (unpaired) electrons. The smallest absolute Gasteiger partial charge is 0.217 e. The Balaban J connectivity index is 1.70. The minimum absolute atomic E-state index is 0.0959. The van der Waals surface area contributed by atoms with Gasteiger partial charge >= 0.3 is 0 Å². The molecule has 0 saturated heterocycles. The van der Waals surface area contributed by atoms with Crippen molar-refractivity contribution in [1.29, 1.82) is 0 Å². The van der Waals surface area contributed by atoms with Crippen LogP contribution in [0.15, 0.2) is 59.2 Å². The second-order valence-electron chi connectivity index (χ2n) is 9.05. The van der Waals surface area contributed by atoms with Gasteiger partial charge in [-0.05, 0) is 59.7 Å². The molecule has 0 fully saturated rings. The highest BCUT2D eigenvalue weighted by Gasteiger charge is 2.21. The van der Waals surface area contributed by atoms with E-state index < -0.39 is 23.8 Å². The van der Waals surface area contributed by atoms with Crippen LogP contribution < -0.4 is 10.6 Å². The van der Waals surface area contributed by atoms with Crippen molar-refractivity contribution < 1.29 is 23.1 Å². The van der Waals surface area contributed by atoms with E-state index in [0.29, 0.717) is 18.0 Å². The molecule has 2 atom stereocenters. The summed E-state index contributed by atoms with van der Waals surface area (Å²) in [5, 5.41) is 16.7. The molecule has 1 aromatic heterocycles.